The van der Waals surface area contributed by atoms with Crippen LogP contribution in [0.25, 0.3) is 0 Å². The van der Waals surface area contributed by atoms with Crippen molar-refractivity contribution in [1.82, 2.24) is 19.8 Å². The highest BCUT2D eigenvalue weighted by molar-refractivity contribution is 5.94. The van der Waals surface area contributed by atoms with Gasteiger partial charge in [-0.2, -0.15) is 0 Å². The van der Waals surface area contributed by atoms with Crippen LogP contribution in [-0.2, 0) is 27.9 Å². The lowest BCUT2D eigenvalue weighted by Crippen LogP contribution is -2.48. The summed E-state index contributed by atoms with van der Waals surface area (Å²) in [6.45, 7) is 10.9. The molecule has 2 aliphatic rings. The molecule has 2 N–H and O–H groups in total. The Labute approximate surface area is 212 Å². The minimum absolute atomic E-state index is 0.0450. The molecule has 1 amide bonds. The summed E-state index contributed by atoms with van der Waals surface area (Å²) in [7, 11) is 0. The van der Waals surface area contributed by atoms with Gasteiger partial charge in [0, 0.05) is 43.5 Å². The van der Waals surface area contributed by atoms with E-state index in [1.807, 2.05) is 13.1 Å². The first-order chi connectivity index (χ1) is 17.2. The fourth-order valence-electron chi connectivity index (χ4n) is 5.11. The van der Waals surface area contributed by atoms with Crippen LogP contribution in [0.3, 0.4) is 0 Å². The molecule has 0 radical (unpaired) electrons. The molecule has 2 unspecified atom stereocenters. The standard InChI is InChI=1S/C27H39F2N5O2/c1-4-5-24(31-21-7-6-19-14-20(28)15-23(29)22(19)16-21)26(35)32-25-17-34(18-30-25)27(2,3)8-9-33-10-12-36-13-11-33/h14-15,17-18,21,24,31H,4-13,16H2,1-3H3,(H,32,35). The highest BCUT2D eigenvalue weighted by Gasteiger charge is 2.28. The van der Waals surface area contributed by atoms with Crippen LogP contribution in [0, 0.1) is 11.6 Å². The number of amides is 1. The minimum Gasteiger partial charge on any atom is -0.379 e. The highest BCUT2D eigenvalue weighted by Crippen LogP contribution is 2.26. The number of fused-ring (bicyclic) bond motifs is 1. The quantitative estimate of drug-likeness (QED) is 0.515. The number of hydrogen-bond acceptors (Lipinski definition) is 5. The molecule has 4 rings (SSSR count). The Kier molecular flexibility index (Phi) is 8.74. The molecule has 1 aliphatic carbocycles. The van der Waals surface area contributed by atoms with Crippen molar-refractivity contribution in [3.05, 3.63) is 47.4 Å². The summed E-state index contributed by atoms with van der Waals surface area (Å²) in [5, 5.41) is 6.40. The molecule has 198 valence electrons. The van der Waals surface area contributed by atoms with Crippen LogP contribution >= 0.6 is 0 Å². The zero-order valence-electron chi connectivity index (χ0n) is 21.7. The van der Waals surface area contributed by atoms with E-state index in [1.165, 1.54) is 6.07 Å². The maximum Gasteiger partial charge on any atom is 0.242 e. The number of hydrogen-bond donors (Lipinski definition) is 2. The molecule has 36 heavy (non-hydrogen) atoms. The number of anilines is 1. The van der Waals surface area contributed by atoms with Gasteiger partial charge in [0.25, 0.3) is 0 Å². The van der Waals surface area contributed by atoms with E-state index in [0.29, 0.717) is 30.6 Å². The number of aryl methyl sites for hydroxylation is 1. The number of nitrogens with one attached hydrogen (secondary N) is 2. The Bertz CT molecular complexity index is 1040. The number of halogens is 2. The molecule has 2 heterocycles. The lowest BCUT2D eigenvalue weighted by molar-refractivity contribution is -0.118. The van der Waals surface area contributed by atoms with Gasteiger partial charge in [0.05, 0.1) is 25.6 Å². The average Bonchev–Trinajstić information content (AvgIpc) is 3.33. The SMILES string of the molecule is CCCC(NC1CCc2cc(F)cc(F)c2C1)C(=O)Nc1cn(C(C)(C)CCN2CCOCC2)cn1. The van der Waals surface area contributed by atoms with Crippen molar-refractivity contribution >= 4 is 11.7 Å². The molecule has 0 spiro atoms. The Morgan fingerprint density at radius 3 is 2.81 bits per heavy atom. The van der Waals surface area contributed by atoms with Crippen molar-refractivity contribution in [2.45, 2.75) is 76.9 Å². The Morgan fingerprint density at radius 2 is 2.06 bits per heavy atom. The van der Waals surface area contributed by atoms with Gasteiger partial charge in [-0.15, -0.1) is 0 Å². The van der Waals surface area contributed by atoms with Gasteiger partial charge in [-0.3, -0.25) is 9.69 Å². The predicted octanol–water partition coefficient (Wildman–Crippen LogP) is 3.87. The monoisotopic (exact) mass is 503 g/mol. The van der Waals surface area contributed by atoms with Crippen molar-refractivity contribution in [1.29, 1.82) is 0 Å². The number of nitrogens with zero attached hydrogens (tertiary/aromatic N) is 3. The van der Waals surface area contributed by atoms with E-state index in [9.17, 15) is 13.6 Å². The highest BCUT2D eigenvalue weighted by atomic mass is 19.1. The Balaban J connectivity index is 1.34. The van der Waals surface area contributed by atoms with E-state index in [1.54, 1.807) is 6.33 Å². The molecule has 1 fully saturated rings. The van der Waals surface area contributed by atoms with E-state index in [2.05, 4.69) is 38.9 Å². The molecule has 2 aromatic rings. The van der Waals surface area contributed by atoms with Crippen LogP contribution in [-0.4, -0.2) is 65.3 Å². The minimum atomic E-state index is -0.537. The van der Waals surface area contributed by atoms with Gasteiger partial charge in [0.15, 0.2) is 5.82 Å². The van der Waals surface area contributed by atoms with Gasteiger partial charge >= 0.3 is 0 Å². The fourth-order valence-corrected chi connectivity index (χ4v) is 5.11. The third-order valence-corrected chi connectivity index (χ3v) is 7.47. The molecule has 1 aromatic carbocycles. The third-order valence-electron chi connectivity index (χ3n) is 7.47. The van der Waals surface area contributed by atoms with Crippen LogP contribution in [0.1, 0.15) is 57.6 Å². The summed E-state index contributed by atoms with van der Waals surface area (Å²) < 4.78 is 35.4. The number of imidazole rings is 1. The van der Waals surface area contributed by atoms with Crippen LogP contribution in [0.15, 0.2) is 24.7 Å². The van der Waals surface area contributed by atoms with Crippen LogP contribution in [0.2, 0.25) is 0 Å². The predicted molar refractivity (Wildman–Crippen MR) is 136 cm³/mol. The van der Waals surface area contributed by atoms with E-state index < -0.39 is 17.7 Å². The van der Waals surface area contributed by atoms with E-state index in [4.69, 9.17) is 4.74 Å². The van der Waals surface area contributed by atoms with Gasteiger partial charge in [0.1, 0.15) is 11.6 Å². The molecule has 0 saturated carbocycles. The molecule has 9 heteroatoms. The normalized spacial score (nSPS) is 19.6. The number of carbonyl (C=O) groups excluding carboxylic acids is 1. The Hall–Kier alpha value is -2.36. The van der Waals surface area contributed by atoms with Crippen LogP contribution in [0.4, 0.5) is 14.6 Å². The number of aromatic nitrogens is 2. The zero-order valence-corrected chi connectivity index (χ0v) is 21.7. The van der Waals surface area contributed by atoms with Crippen molar-refractivity contribution in [2.75, 3.05) is 38.2 Å². The lowest BCUT2D eigenvalue weighted by atomic mass is 9.87. The van der Waals surface area contributed by atoms with Crippen molar-refractivity contribution < 1.29 is 18.3 Å². The van der Waals surface area contributed by atoms with E-state index in [0.717, 1.165) is 63.7 Å². The molecule has 7 nitrogen and oxygen atoms in total. The first-order valence-corrected chi connectivity index (χ1v) is 13.1. The summed E-state index contributed by atoms with van der Waals surface area (Å²) in [4.78, 5) is 20.0. The molecule has 1 aromatic heterocycles. The number of carbonyl (C=O) groups is 1. The number of morpholine rings is 1. The van der Waals surface area contributed by atoms with Crippen molar-refractivity contribution in [2.24, 2.45) is 0 Å². The van der Waals surface area contributed by atoms with Crippen LogP contribution in [0.5, 0.6) is 0 Å². The summed E-state index contributed by atoms with van der Waals surface area (Å²) >= 11 is 0. The maximum absolute atomic E-state index is 14.3. The summed E-state index contributed by atoms with van der Waals surface area (Å²) in [5.74, 6) is -0.657. The number of benzene rings is 1. The van der Waals surface area contributed by atoms with Crippen molar-refractivity contribution in [3.63, 3.8) is 0 Å². The van der Waals surface area contributed by atoms with E-state index >= 15 is 0 Å². The smallest absolute Gasteiger partial charge is 0.242 e. The summed E-state index contributed by atoms with van der Waals surface area (Å²) in [5.41, 5.74) is 1.13. The summed E-state index contributed by atoms with van der Waals surface area (Å²) in [6.07, 6.45) is 7.88. The van der Waals surface area contributed by atoms with Gasteiger partial charge in [0.2, 0.25) is 5.91 Å². The molecule has 0 bridgehead atoms. The molecule has 2 atom stereocenters. The Morgan fingerprint density at radius 1 is 1.28 bits per heavy atom. The second-order valence-electron chi connectivity index (χ2n) is 10.6. The van der Waals surface area contributed by atoms with Gasteiger partial charge < -0.3 is 19.9 Å². The molecular weight excluding hydrogens is 464 g/mol. The zero-order chi connectivity index (χ0) is 25.7. The van der Waals surface area contributed by atoms with Gasteiger partial charge in [-0.1, -0.05) is 13.3 Å². The van der Waals surface area contributed by atoms with Gasteiger partial charge in [-0.05, 0) is 63.1 Å². The second-order valence-corrected chi connectivity index (χ2v) is 10.6. The largest absolute Gasteiger partial charge is 0.379 e. The molecular formula is C27H39F2N5O2. The second kappa shape index (κ2) is 11.8. The fraction of sp³-hybridized carbons (Fsp3) is 0.630. The van der Waals surface area contributed by atoms with Crippen molar-refractivity contribution in [3.8, 4) is 0 Å². The number of rotatable bonds is 10. The molecule has 1 saturated heterocycles. The van der Waals surface area contributed by atoms with E-state index in [-0.39, 0.29) is 17.5 Å². The third kappa shape index (κ3) is 6.69. The maximum atomic E-state index is 14.3. The summed E-state index contributed by atoms with van der Waals surface area (Å²) in [6, 6.07) is 1.90. The first kappa shape index (κ1) is 26.7. The topological polar surface area (TPSA) is 71.4 Å². The average molecular weight is 504 g/mol. The number of ether oxygens (including phenoxy) is 1. The van der Waals surface area contributed by atoms with Crippen LogP contribution < -0.4 is 10.6 Å². The first-order valence-electron chi connectivity index (χ1n) is 13.1. The lowest BCUT2D eigenvalue weighted by Gasteiger charge is -2.32. The van der Waals surface area contributed by atoms with Gasteiger partial charge in [-0.25, -0.2) is 13.8 Å². The molecule has 1 aliphatic heterocycles.